The van der Waals surface area contributed by atoms with Gasteiger partial charge in [-0.15, -0.1) is 6.58 Å². The molecule has 36 heavy (non-hydrogen) atoms. The minimum absolute atomic E-state index is 0.00700. The van der Waals surface area contributed by atoms with E-state index in [4.69, 9.17) is 9.47 Å². The summed E-state index contributed by atoms with van der Waals surface area (Å²) in [5.41, 5.74) is 1.25. The van der Waals surface area contributed by atoms with Gasteiger partial charge in [-0.05, 0) is 49.2 Å². The molecule has 1 N–H and O–H groups in total. The van der Waals surface area contributed by atoms with Crippen molar-refractivity contribution in [3.05, 3.63) is 78.4 Å². The summed E-state index contributed by atoms with van der Waals surface area (Å²) >= 11 is 0. The number of esters is 2. The fourth-order valence-electron chi connectivity index (χ4n) is 5.95. The summed E-state index contributed by atoms with van der Waals surface area (Å²) in [7, 11) is 0. The van der Waals surface area contributed by atoms with Crippen LogP contribution >= 0.6 is 0 Å². The first-order valence-corrected chi connectivity index (χ1v) is 12.5. The maximum atomic E-state index is 13.1. The number of amides is 1. The molecule has 1 heterocycles. The van der Waals surface area contributed by atoms with Gasteiger partial charge in [0.2, 0.25) is 0 Å². The number of carbonyl (C=O) groups is 3. The fourth-order valence-corrected chi connectivity index (χ4v) is 5.95. The maximum absolute atomic E-state index is 13.1. The van der Waals surface area contributed by atoms with Gasteiger partial charge in [0.05, 0.1) is 0 Å². The zero-order valence-electron chi connectivity index (χ0n) is 20.9. The van der Waals surface area contributed by atoms with E-state index in [1.54, 1.807) is 18.2 Å². The van der Waals surface area contributed by atoms with Gasteiger partial charge >= 0.3 is 11.9 Å². The molecule has 0 aromatic heterocycles. The van der Waals surface area contributed by atoms with Crippen molar-refractivity contribution in [2.75, 3.05) is 19.6 Å². The number of hydrogen-bond donors (Lipinski definition) is 1. The lowest BCUT2D eigenvalue weighted by atomic mass is 9.57. The molecule has 0 bridgehead atoms. The molecule has 2 aromatic carbocycles. The predicted octanol–water partition coefficient (Wildman–Crippen LogP) is 3.88. The van der Waals surface area contributed by atoms with Crippen LogP contribution in [-0.2, 0) is 19.7 Å². The van der Waals surface area contributed by atoms with E-state index in [1.165, 1.54) is 13.8 Å². The molecule has 1 saturated carbocycles. The van der Waals surface area contributed by atoms with E-state index in [0.717, 1.165) is 31.6 Å². The molecule has 1 amide bonds. The molecule has 2 aliphatic rings. The normalized spacial score (nSPS) is 25.8. The lowest BCUT2D eigenvalue weighted by Crippen LogP contribution is -2.61. The largest absolute Gasteiger partial charge is 0.462 e. The van der Waals surface area contributed by atoms with Gasteiger partial charge in [-0.3, -0.25) is 19.3 Å². The number of benzene rings is 2. The summed E-state index contributed by atoms with van der Waals surface area (Å²) in [6.45, 7) is 9.03. The molecule has 190 valence electrons. The molecule has 4 atom stereocenters. The van der Waals surface area contributed by atoms with Crippen LogP contribution in [0, 0.1) is 5.92 Å². The zero-order chi connectivity index (χ0) is 25.7. The van der Waals surface area contributed by atoms with Crippen LogP contribution in [0.25, 0.3) is 0 Å². The van der Waals surface area contributed by atoms with E-state index in [1.807, 2.05) is 36.4 Å². The summed E-state index contributed by atoms with van der Waals surface area (Å²) in [5, 5.41) is 3.20. The van der Waals surface area contributed by atoms with Crippen molar-refractivity contribution in [3.8, 4) is 5.75 Å². The van der Waals surface area contributed by atoms with Gasteiger partial charge in [0.15, 0.2) is 0 Å². The van der Waals surface area contributed by atoms with Crippen molar-refractivity contribution in [1.29, 1.82) is 0 Å². The second-order valence-corrected chi connectivity index (χ2v) is 9.81. The second kappa shape index (κ2) is 11.1. The molecule has 0 radical (unpaired) electrons. The summed E-state index contributed by atoms with van der Waals surface area (Å²) in [6, 6.07) is 16.6. The minimum atomic E-state index is -0.378. The maximum Gasteiger partial charge on any atom is 0.308 e. The first-order valence-electron chi connectivity index (χ1n) is 12.5. The Hall–Kier alpha value is -3.45. The third-order valence-electron chi connectivity index (χ3n) is 7.36. The SMILES string of the molecule is C=CCN1CC[C@@]2(c3cccc(OC(C)=O)c3)C[C@@H](NC(=O)c3ccccc3)CC(OC(C)=O)[C@@H]2C1. The molecule has 1 aliphatic carbocycles. The smallest absolute Gasteiger partial charge is 0.308 e. The molecule has 0 spiro atoms. The Kier molecular flexibility index (Phi) is 7.89. The van der Waals surface area contributed by atoms with E-state index in [0.29, 0.717) is 24.2 Å². The third-order valence-corrected chi connectivity index (χ3v) is 7.36. The number of nitrogens with one attached hydrogen (secondary N) is 1. The number of nitrogens with zero attached hydrogens (tertiary/aromatic N) is 1. The van der Waals surface area contributed by atoms with Gasteiger partial charge < -0.3 is 14.8 Å². The first-order chi connectivity index (χ1) is 17.3. The van der Waals surface area contributed by atoms with Crippen molar-refractivity contribution >= 4 is 17.8 Å². The second-order valence-electron chi connectivity index (χ2n) is 9.81. The van der Waals surface area contributed by atoms with E-state index in [-0.39, 0.29) is 41.3 Å². The Morgan fingerprint density at radius 1 is 1.11 bits per heavy atom. The van der Waals surface area contributed by atoms with Gasteiger partial charge in [-0.2, -0.15) is 0 Å². The summed E-state index contributed by atoms with van der Waals surface area (Å²) in [6.07, 6.45) is 3.56. The molecule has 1 unspecified atom stereocenters. The van der Waals surface area contributed by atoms with Crippen molar-refractivity contribution in [1.82, 2.24) is 10.2 Å². The average Bonchev–Trinajstić information content (AvgIpc) is 2.84. The van der Waals surface area contributed by atoms with Crippen molar-refractivity contribution in [2.24, 2.45) is 5.92 Å². The van der Waals surface area contributed by atoms with Crippen LogP contribution in [0.5, 0.6) is 5.75 Å². The monoisotopic (exact) mass is 490 g/mol. The Morgan fingerprint density at radius 2 is 1.89 bits per heavy atom. The van der Waals surface area contributed by atoms with Gasteiger partial charge in [0.25, 0.3) is 5.91 Å². The number of fused-ring (bicyclic) bond motifs is 1. The zero-order valence-corrected chi connectivity index (χ0v) is 20.9. The molecular formula is C29H34N2O5. The van der Waals surface area contributed by atoms with E-state index >= 15 is 0 Å². The average molecular weight is 491 g/mol. The van der Waals surface area contributed by atoms with Crippen LogP contribution in [0.2, 0.25) is 0 Å². The molecule has 1 aliphatic heterocycles. The highest BCUT2D eigenvalue weighted by Gasteiger charge is 2.53. The van der Waals surface area contributed by atoms with Crippen LogP contribution in [0.3, 0.4) is 0 Å². The molecule has 2 aromatic rings. The van der Waals surface area contributed by atoms with E-state index in [9.17, 15) is 14.4 Å². The standard InChI is InChI=1S/C29H34N2O5/c1-4-14-31-15-13-29(23-11-8-12-25(16-23)35-20(2)32)18-24(17-27(26(29)19-31)36-21(3)33)30-28(34)22-9-6-5-7-10-22/h4-12,16,24,26-27H,1,13-15,17-19H2,2-3H3,(H,30,34)/t24-,26-,27?,29-/m0/s1. The predicted molar refractivity (Wildman–Crippen MR) is 137 cm³/mol. The summed E-state index contributed by atoms with van der Waals surface area (Å²) in [4.78, 5) is 39.2. The lowest BCUT2D eigenvalue weighted by Gasteiger charge is -2.55. The van der Waals surface area contributed by atoms with Crippen molar-refractivity contribution in [2.45, 2.75) is 50.7 Å². The van der Waals surface area contributed by atoms with Crippen LogP contribution in [0.15, 0.2) is 67.3 Å². The first kappa shape index (κ1) is 25.6. The number of likely N-dealkylation sites (tertiary alicyclic amines) is 1. The van der Waals surface area contributed by atoms with Gasteiger partial charge in [0, 0.05) is 56.3 Å². The third kappa shape index (κ3) is 5.68. The van der Waals surface area contributed by atoms with Gasteiger partial charge in [-0.25, -0.2) is 0 Å². The fraction of sp³-hybridized carbons (Fsp3) is 0.414. The van der Waals surface area contributed by atoms with Gasteiger partial charge in [-0.1, -0.05) is 36.4 Å². The Balaban J connectivity index is 1.72. The van der Waals surface area contributed by atoms with Gasteiger partial charge in [0.1, 0.15) is 11.9 Å². The van der Waals surface area contributed by atoms with Crippen LogP contribution in [-0.4, -0.2) is 54.5 Å². The Labute approximate surface area is 212 Å². The highest BCUT2D eigenvalue weighted by Crippen LogP contribution is 2.50. The van der Waals surface area contributed by atoms with Crippen LogP contribution < -0.4 is 10.1 Å². The lowest BCUT2D eigenvalue weighted by molar-refractivity contribution is -0.157. The van der Waals surface area contributed by atoms with E-state index in [2.05, 4.69) is 22.9 Å². The molecule has 7 nitrogen and oxygen atoms in total. The molecular weight excluding hydrogens is 456 g/mol. The molecule has 1 saturated heterocycles. The molecule has 7 heteroatoms. The minimum Gasteiger partial charge on any atom is -0.462 e. The van der Waals surface area contributed by atoms with Crippen molar-refractivity contribution < 1.29 is 23.9 Å². The number of piperidine rings is 1. The number of ether oxygens (including phenoxy) is 2. The molecule has 2 fully saturated rings. The number of carbonyl (C=O) groups excluding carboxylic acids is 3. The van der Waals surface area contributed by atoms with Crippen LogP contribution in [0.4, 0.5) is 0 Å². The number of hydrogen-bond acceptors (Lipinski definition) is 6. The highest BCUT2D eigenvalue weighted by atomic mass is 16.5. The van der Waals surface area contributed by atoms with E-state index < -0.39 is 0 Å². The highest BCUT2D eigenvalue weighted by molar-refractivity contribution is 5.94. The quantitative estimate of drug-likeness (QED) is 0.360. The topological polar surface area (TPSA) is 84.9 Å². The van der Waals surface area contributed by atoms with Crippen molar-refractivity contribution in [3.63, 3.8) is 0 Å². The van der Waals surface area contributed by atoms with Crippen LogP contribution in [0.1, 0.15) is 49.0 Å². The Bertz CT molecular complexity index is 1120. The molecule has 4 rings (SSSR count). The summed E-state index contributed by atoms with van der Waals surface area (Å²) in [5.74, 6) is -0.364. The summed E-state index contributed by atoms with van der Waals surface area (Å²) < 4.78 is 11.3. The Morgan fingerprint density at radius 3 is 2.58 bits per heavy atom. The number of rotatable bonds is 7.